The van der Waals surface area contributed by atoms with Crippen LogP contribution >= 0.6 is 0 Å². The zero-order valence-electron chi connectivity index (χ0n) is 15.0. The summed E-state index contributed by atoms with van der Waals surface area (Å²) in [5, 5.41) is 7.21. The van der Waals surface area contributed by atoms with E-state index in [1.807, 2.05) is 24.3 Å². The van der Waals surface area contributed by atoms with Gasteiger partial charge in [0.1, 0.15) is 11.8 Å². The topological polar surface area (TPSA) is 77.2 Å². The lowest BCUT2D eigenvalue weighted by molar-refractivity contribution is -0.128. The average molecular weight is 343 g/mol. The molecule has 1 saturated carbocycles. The maximum absolute atomic E-state index is 12.4. The monoisotopic (exact) mass is 343 g/mol. The molecule has 1 aromatic carbocycles. The highest BCUT2D eigenvalue weighted by molar-refractivity contribution is 5.79. The lowest BCUT2D eigenvalue weighted by atomic mass is 9.84. The molecule has 1 aromatic heterocycles. The van der Waals surface area contributed by atoms with Crippen molar-refractivity contribution in [2.75, 3.05) is 7.11 Å². The van der Waals surface area contributed by atoms with E-state index in [0.717, 1.165) is 37.0 Å². The first-order chi connectivity index (χ1) is 12.1. The number of carbonyl (C=O) groups excluding carboxylic acids is 1. The van der Waals surface area contributed by atoms with Gasteiger partial charge in [0, 0.05) is 11.5 Å². The SMILES string of the molecule is CC[C@@H](C)[C@H](NC(=O)C1CCC1)c1nc(-c2cccc(OC)c2)no1. The van der Waals surface area contributed by atoms with Gasteiger partial charge in [-0.25, -0.2) is 0 Å². The highest BCUT2D eigenvalue weighted by Gasteiger charge is 2.31. The summed E-state index contributed by atoms with van der Waals surface area (Å²) in [5.74, 6) is 2.13. The van der Waals surface area contributed by atoms with Crippen LogP contribution < -0.4 is 10.1 Å². The Morgan fingerprint density at radius 2 is 2.24 bits per heavy atom. The number of nitrogens with zero attached hydrogens (tertiary/aromatic N) is 2. The van der Waals surface area contributed by atoms with Crippen molar-refractivity contribution >= 4 is 5.91 Å². The van der Waals surface area contributed by atoms with Crippen molar-refractivity contribution in [1.29, 1.82) is 0 Å². The third kappa shape index (κ3) is 3.83. The van der Waals surface area contributed by atoms with Gasteiger partial charge in [0.25, 0.3) is 0 Å². The summed E-state index contributed by atoms with van der Waals surface area (Å²) >= 11 is 0. The second kappa shape index (κ2) is 7.68. The van der Waals surface area contributed by atoms with E-state index >= 15 is 0 Å². The number of methoxy groups -OCH3 is 1. The molecular formula is C19H25N3O3. The second-order valence-corrected chi connectivity index (χ2v) is 6.69. The molecule has 6 nitrogen and oxygen atoms in total. The van der Waals surface area contributed by atoms with E-state index in [4.69, 9.17) is 9.26 Å². The molecule has 0 bridgehead atoms. The molecule has 3 rings (SSSR count). The number of hydrogen-bond donors (Lipinski definition) is 1. The number of benzene rings is 1. The molecular weight excluding hydrogens is 318 g/mol. The number of rotatable bonds is 7. The van der Waals surface area contributed by atoms with Gasteiger partial charge in [0.2, 0.25) is 17.6 Å². The molecule has 0 spiro atoms. The highest BCUT2D eigenvalue weighted by atomic mass is 16.5. The van der Waals surface area contributed by atoms with Gasteiger partial charge in [-0.1, -0.05) is 44.0 Å². The van der Waals surface area contributed by atoms with Crippen LogP contribution in [0.4, 0.5) is 0 Å². The third-order valence-electron chi connectivity index (χ3n) is 5.02. The average Bonchev–Trinajstić information content (AvgIpc) is 3.07. The molecule has 1 aliphatic rings. The van der Waals surface area contributed by atoms with Gasteiger partial charge in [0.05, 0.1) is 7.11 Å². The van der Waals surface area contributed by atoms with Crippen molar-refractivity contribution in [2.24, 2.45) is 11.8 Å². The number of ether oxygens (including phenoxy) is 1. The molecule has 0 aliphatic heterocycles. The first-order valence-electron chi connectivity index (χ1n) is 8.90. The Bertz CT molecular complexity index is 724. The summed E-state index contributed by atoms with van der Waals surface area (Å²) in [6, 6.07) is 7.26. The molecule has 2 aromatic rings. The van der Waals surface area contributed by atoms with Crippen molar-refractivity contribution in [3.63, 3.8) is 0 Å². The number of carbonyl (C=O) groups is 1. The summed E-state index contributed by atoms with van der Waals surface area (Å²) in [5.41, 5.74) is 0.822. The standard InChI is InChI=1S/C19H25N3O3/c1-4-12(2)16(20-18(23)13-7-5-8-13)19-21-17(22-25-19)14-9-6-10-15(11-14)24-3/h6,9-13,16H,4-5,7-8H2,1-3H3,(H,20,23)/t12-,16+/m1/s1. The van der Waals surface area contributed by atoms with Gasteiger partial charge in [-0.05, 0) is 30.9 Å². The van der Waals surface area contributed by atoms with E-state index in [9.17, 15) is 4.79 Å². The van der Waals surface area contributed by atoms with Gasteiger partial charge >= 0.3 is 0 Å². The van der Waals surface area contributed by atoms with Gasteiger partial charge in [0.15, 0.2) is 0 Å². The lowest BCUT2D eigenvalue weighted by Gasteiger charge is -2.28. The zero-order valence-corrected chi connectivity index (χ0v) is 15.0. The quantitative estimate of drug-likeness (QED) is 0.828. The predicted molar refractivity (Wildman–Crippen MR) is 94.0 cm³/mol. The van der Waals surface area contributed by atoms with Crippen LogP contribution in [0.15, 0.2) is 28.8 Å². The van der Waals surface area contributed by atoms with Crippen LogP contribution in [0.25, 0.3) is 11.4 Å². The third-order valence-corrected chi connectivity index (χ3v) is 5.02. The van der Waals surface area contributed by atoms with Crippen molar-refractivity contribution in [2.45, 2.75) is 45.6 Å². The first-order valence-corrected chi connectivity index (χ1v) is 8.90. The Balaban J connectivity index is 1.81. The number of hydrogen-bond acceptors (Lipinski definition) is 5. The Labute approximate surface area is 148 Å². The molecule has 2 atom stereocenters. The molecule has 6 heteroatoms. The molecule has 25 heavy (non-hydrogen) atoms. The minimum atomic E-state index is -0.259. The van der Waals surface area contributed by atoms with Crippen LogP contribution in [0.1, 0.15) is 51.5 Å². The van der Waals surface area contributed by atoms with Crippen LogP contribution in [0.5, 0.6) is 5.75 Å². The predicted octanol–water partition coefficient (Wildman–Crippen LogP) is 3.75. The summed E-state index contributed by atoms with van der Waals surface area (Å²) < 4.78 is 10.7. The molecule has 1 amide bonds. The fourth-order valence-electron chi connectivity index (χ4n) is 2.87. The maximum Gasteiger partial charge on any atom is 0.249 e. The number of nitrogens with one attached hydrogen (secondary N) is 1. The second-order valence-electron chi connectivity index (χ2n) is 6.69. The van der Waals surface area contributed by atoms with Crippen molar-refractivity contribution < 1.29 is 14.1 Å². The Morgan fingerprint density at radius 3 is 2.88 bits per heavy atom. The lowest BCUT2D eigenvalue weighted by Crippen LogP contribution is -2.39. The summed E-state index contributed by atoms with van der Waals surface area (Å²) in [6.45, 7) is 4.17. The fourth-order valence-corrected chi connectivity index (χ4v) is 2.87. The van der Waals surface area contributed by atoms with Crippen molar-refractivity contribution in [1.82, 2.24) is 15.5 Å². The Kier molecular flexibility index (Phi) is 5.36. The summed E-state index contributed by atoms with van der Waals surface area (Å²) in [6.07, 6.45) is 3.98. The molecule has 1 N–H and O–H groups in total. The molecule has 1 aliphatic carbocycles. The minimum absolute atomic E-state index is 0.0951. The minimum Gasteiger partial charge on any atom is -0.497 e. The van der Waals surface area contributed by atoms with Crippen LogP contribution in [0, 0.1) is 11.8 Å². The number of aromatic nitrogens is 2. The van der Waals surface area contributed by atoms with Crippen molar-refractivity contribution in [3.05, 3.63) is 30.2 Å². The zero-order chi connectivity index (χ0) is 17.8. The first kappa shape index (κ1) is 17.5. The van der Waals surface area contributed by atoms with Crippen LogP contribution in [0.2, 0.25) is 0 Å². The van der Waals surface area contributed by atoms with Gasteiger partial charge in [-0.3, -0.25) is 4.79 Å². The van der Waals surface area contributed by atoms with E-state index in [0.29, 0.717) is 11.7 Å². The fraction of sp³-hybridized carbons (Fsp3) is 0.526. The Hall–Kier alpha value is -2.37. The largest absolute Gasteiger partial charge is 0.497 e. The smallest absolute Gasteiger partial charge is 0.249 e. The molecule has 0 unspecified atom stereocenters. The van der Waals surface area contributed by atoms with Crippen LogP contribution in [-0.2, 0) is 4.79 Å². The van der Waals surface area contributed by atoms with E-state index < -0.39 is 0 Å². The van der Waals surface area contributed by atoms with Crippen LogP contribution in [-0.4, -0.2) is 23.2 Å². The summed E-state index contributed by atoms with van der Waals surface area (Å²) in [4.78, 5) is 16.9. The molecule has 1 fully saturated rings. The van der Waals surface area contributed by atoms with Crippen molar-refractivity contribution in [3.8, 4) is 17.1 Å². The van der Waals surface area contributed by atoms with Crippen LogP contribution in [0.3, 0.4) is 0 Å². The van der Waals surface area contributed by atoms with Gasteiger partial charge in [-0.15, -0.1) is 0 Å². The molecule has 0 radical (unpaired) electrons. The molecule has 134 valence electrons. The molecule has 0 saturated heterocycles. The van der Waals surface area contributed by atoms with E-state index in [-0.39, 0.29) is 23.8 Å². The van der Waals surface area contributed by atoms with Gasteiger partial charge in [-0.2, -0.15) is 4.98 Å². The van der Waals surface area contributed by atoms with Gasteiger partial charge < -0.3 is 14.6 Å². The van der Waals surface area contributed by atoms with E-state index in [1.54, 1.807) is 7.11 Å². The number of amides is 1. The Morgan fingerprint density at radius 1 is 1.44 bits per heavy atom. The van der Waals surface area contributed by atoms with E-state index in [1.165, 1.54) is 0 Å². The maximum atomic E-state index is 12.4. The molecule has 1 heterocycles. The summed E-state index contributed by atoms with van der Waals surface area (Å²) in [7, 11) is 1.62. The highest BCUT2D eigenvalue weighted by Crippen LogP contribution is 2.30. The van der Waals surface area contributed by atoms with E-state index in [2.05, 4.69) is 29.3 Å². The normalized spacial score (nSPS) is 16.8.